The summed E-state index contributed by atoms with van der Waals surface area (Å²) in [5.74, 6) is -1.03. The van der Waals surface area contributed by atoms with Crippen LogP contribution in [-0.2, 0) is 30.8 Å². The van der Waals surface area contributed by atoms with Crippen LogP contribution in [0.3, 0.4) is 0 Å². The van der Waals surface area contributed by atoms with E-state index < -0.39 is 5.97 Å². The van der Waals surface area contributed by atoms with Crippen LogP contribution in [0, 0.1) is 6.92 Å². The normalized spacial score (nSPS) is 14.8. The summed E-state index contributed by atoms with van der Waals surface area (Å²) in [6.07, 6.45) is 1.05. The Labute approximate surface area is 199 Å². The molecule has 0 saturated heterocycles. The monoisotopic (exact) mass is 454 g/mol. The Hall–Kier alpha value is -3.51. The number of aromatic nitrogens is 3. The van der Waals surface area contributed by atoms with E-state index in [4.69, 9.17) is 0 Å². The second-order valence-corrected chi connectivity index (χ2v) is 9.18. The van der Waals surface area contributed by atoms with Crippen LogP contribution in [0.25, 0.3) is 11.0 Å². The average Bonchev–Trinajstić information content (AvgIpc) is 3.27. The largest absolute Gasteiger partial charge is 0.481 e. The molecule has 0 bridgehead atoms. The van der Waals surface area contributed by atoms with Crippen LogP contribution >= 0.6 is 0 Å². The molecular formula is C28H30N4O2. The molecule has 0 radical (unpaired) electrons. The molecule has 0 unspecified atom stereocenters. The summed E-state index contributed by atoms with van der Waals surface area (Å²) >= 11 is 0. The number of carbonyl (C=O) groups is 1. The van der Waals surface area contributed by atoms with Gasteiger partial charge in [-0.2, -0.15) is 0 Å². The number of carboxylic acid groups (broad SMARTS) is 1. The summed E-state index contributed by atoms with van der Waals surface area (Å²) in [5, 5.41) is 18.4. The van der Waals surface area contributed by atoms with Gasteiger partial charge in [-0.1, -0.05) is 59.8 Å². The quantitative estimate of drug-likeness (QED) is 0.429. The molecule has 1 N–H and O–H groups in total. The van der Waals surface area contributed by atoms with Crippen molar-refractivity contribution in [1.82, 2.24) is 19.9 Å². The number of hydrogen-bond donors (Lipinski definition) is 1. The lowest BCUT2D eigenvalue weighted by molar-refractivity contribution is -0.137. The molecule has 0 saturated carbocycles. The third-order valence-electron chi connectivity index (χ3n) is 7.01. The van der Waals surface area contributed by atoms with Gasteiger partial charge in [-0.15, -0.1) is 5.10 Å². The van der Waals surface area contributed by atoms with Crippen molar-refractivity contribution in [3.63, 3.8) is 0 Å². The van der Waals surface area contributed by atoms with Crippen LogP contribution in [0.5, 0.6) is 0 Å². The van der Waals surface area contributed by atoms with E-state index in [1.54, 1.807) is 0 Å². The van der Waals surface area contributed by atoms with Crippen LogP contribution in [0.1, 0.15) is 52.6 Å². The minimum absolute atomic E-state index is 0.0424. The van der Waals surface area contributed by atoms with Crippen molar-refractivity contribution in [2.75, 3.05) is 6.54 Å². The number of fused-ring (bicyclic) bond motifs is 2. The average molecular weight is 455 g/mol. The Morgan fingerprint density at radius 1 is 1.09 bits per heavy atom. The molecule has 0 amide bonds. The summed E-state index contributed by atoms with van der Waals surface area (Å²) in [4.78, 5) is 14.4. The van der Waals surface area contributed by atoms with E-state index in [0.717, 1.165) is 60.3 Å². The number of nitrogens with zero attached hydrogens (tertiary/aromatic N) is 4. The lowest BCUT2D eigenvalue weighted by atomic mass is 9.83. The van der Waals surface area contributed by atoms with E-state index in [2.05, 4.69) is 63.7 Å². The fraction of sp³-hybridized carbons (Fsp3) is 0.321. The van der Waals surface area contributed by atoms with E-state index in [1.165, 1.54) is 16.7 Å². The minimum Gasteiger partial charge on any atom is -0.481 e. The first-order chi connectivity index (χ1) is 16.5. The SMILES string of the molecule is CCn1nnc2c(C)c([C@@H](CC(=O)O)c3ccc4c(c3)CN(Cc3ccccc3)CC4)ccc21. The number of rotatable bonds is 7. The van der Waals surface area contributed by atoms with Crippen molar-refractivity contribution in [3.8, 4) is 0 Å². The number of hydrogen-bond acceptors (Lipinski definition) is 4. The maximum atomic E-state index is 11.9. The highest BCUT2D eigenvalue weighted by atomic mass is 16.4. The van der Waals surface area contributed by atoms with E-state index in [-0.39, 0.29) is 12.3 Å². The number of aliphatic carboxylic acids is 1. The summed E-state index contributed by atoms with van der Waals surface area (Å²) in [7, 11) is 0. The van der Waals surface area contributed by atoms with Gasteiger partial charge in [0, 0.05) is 32.1 Å². The first-order valence-electron chi connectivity index (χ1n) is 12.0. The molecule has 0 fully saturated rings. The molecule has 34 heavy (non-hydrogen) atoms. The topological polar surface area (TPSA) is 71.2 Å². The lowest BCUT2D eigenvalue weighted by Crippen LogP contribution is -2.30. The minimum atomic E-state index is -0.801. The first-order valence-corrected chi connectivity index (χ1v) is 12.0. The van der Waals surface area contributed by atoms with E-state index >= 15 is 0 Å². The van der Waals surface area contributed by atoms with Crippen molar-refractivity contribution < 1.29 is 9.90 Å². The van der Waals surface area contributed by atoms with Gasteiger partial charge >= 0.3 is 5.97 Å². The number of carboxylic acids is 1. The molecule has 1 atom stereocenters. The smallest absolute Gasteiger partial charge is 0.304 e. The predicted molar refractivity (Wildman–Crippen MR) is 133 cm³/mol. The third-order valence-corrected chi connectivity index (χ3v) is 7.01. The van der Waals surface area contributed by atoms with Gasteiger partial charge in [0.05, 0.1) is 11.9 Å². The molecule has 0 aliphatic carbocycles. The van der Waals surface area contributed by atoms with E-state index in [0.29, 0.717) is 0 Å². The molecule has 3 aromatic carbocycles. The zero-order chi connectivity index (χ0) is 23.7. The fourth-order valence-corrected chi connectivity index (χ4v) is 5.20. The van der Waals surface area contributed by atoms with Gasteiger partial charge in [-0.05, 0) is 59.7 Å². The molecule has 5 rings (SSSR count). The Balaban J connectivity index is 1.48. The first kappa shape index (κ1) is 22.3. The molecule has 0 spiro atoms. The number of aryl methyl sites for hydroxylation is 2. The lowest BCUT2D eigenvalue weighted by Gasteiger charge is -2.30. The molecule has 1 aromatic heterocycles. The van der Waals surface area contributed by atoms with Crippen LogP contribution in [0.4, 0.5) is 0 Å². The Morgan fingerprint density at radius 3 is 2.68 bits per heavy atom. The van der Waals surface area contributed by atoms with E-state index in [9.17, 15) is 9.90 Å². The second-order valence-electron chi connectivity index (χ2n) is 9.18. The molecule has 6 nitrogen and oxygen atoms in total. The van der Waals surface area contributed by atoms with Gasteiger partial charge in [0.2, 0.25) is 0 Å². The summed E-state index contributed by atoms with van der Waals surface area (Å²) in [6.45, 7) is 7.65. The van der Waals surface area contributed by atoms with Gasteiger partial charge in [0.15, 0.2) is 0 Å². The molecule has 174 valence electrons. The van der Waals surface area contributed by atoms with Gasteiger partial charge in [-0.25, -0.2) is 4.68 Å². The maximum absolute atomic E-state index is 11.9. The van der Waals surface area contributed by atoms with Gasteiger partial charge in [-0.3, -0.25) is 9.69 Å². The highest BCUT2D eigenvalue weighted by molar-refractivity contribution is 5.80. The van der Waals surface area contributed by atoms with E-state index in [1.807, 2.05) is 30.7 Å². The number of benzene rings is 3. The summed E-state index contributed by atoms with van der Waals surface area (Å²) in [6, 6.07) is 21.2. The maximum Gasteiger partial charge on any atom is 0.304 e. The van der Waals surface area contributed by atoms with Crippen LogP contribution < -0.4 is 0 Å². The van der Waals surface area contributed by atoms with Crippen molar-refractivity contribution in [3.05, 3.63) is 94.0 Å². The Morgan fingerprint density at radius 2 is 1.91 bits per heavy atom. The third kappa shape index (κ3) is 4.33. The Kier molecular flexibility index (Phi) is 6.16. The van der Waals surface area contributed by atoms with Crippen molar-refractivity contribution >= 4 is 17.0 Å². The van der Waals surface area contributed by atoms with Crippen LogP contribution in [0.2, 0.25) is 0 Å². The highest BCUT2D eigenvalue weighted by Gasteiger charge is 2.24. The fourth-order valence-electron chi connectivity index (χ4n) is 5.20. The van der Waals surface area contributed by atoms with Crippen molar-refractivity contribution in [1.29, 1.82) is 0 Å². The second kappa shape index (κ2) is 9.39. The summed E-state index contributed by atoms with van der Waals surface area (Å²) < 4.78 is 1.87. The van der Waals surface area contributed by atoms with Crippen LogP contribution in [0.15, 0.2) is 60.7 Å². The standard InChI is InChI=1S/C28H30N4O2/c1-3-32-26-12-11-24(19(2)28(26)29-30-32)25(16-27(33)34)22-10-9-21-13-14-31(18-23(21)15-22)17-20-7-5-4-6-8-20/h4-12,15,25H,3,13-14,16-18H2,1-2H3,(H,33,34)/t25-/m0/s1. The highest BCUT2D eigenvalue weighted by Crippen LogP contribution is 2.35. The predicted octanol–water partition coefficient (Wildman–Crippen LogP) is 4.92. The molecule has 6 heteroatoms. The molecule has 1 aliphatic rings. The van der Waals surface area contributed by atoms with Crippen molar-refractivity contribution in [2.24, 2.45) is 0 Å². The zero-order valence-electron chi connectivity index (χ0n) is 19.7. The molecule has 4 aromatic rings. The molecule has 2 heterocycles. The summed E-state index contributed by atoms with van der Waals surface area (Å²) in [5.41, 5.74) is 8.87. The van der Waals surface area contributed by atoms with Gasteiger partial charge in [0.25, 0.3) is 0 Å². The van der Waals surface area contributed by atoms with Crippen LogP contribution in [-0.4, -0.2) is 37.5 Å². The molecular weight excluding hydrogens is 424 g/mol. The molecule has 1 aliphatic heterocycles. The van der Waals surface area contributed by atoms with Gasteiger partial charge in [0.1, 0.15) is 5.52 Å². The Bertz CT molecular complexity index is 1330. The zero-order valence-corrected chi connectivity index (χ0v) is 19.7. The van der Waals surface area contributed by atoms with Gasteiger partial charge < -0.3 is 5.11 Å². The van der Waals surface area contributed by atoms with Crippen molar-refractivity contribution in [2.45, 2.75) is 52.2 Å².